The van der Waals surface area contributed by atoms with Crippen LogP contribution in [-0.2, 0) is 6.54 Å². The van der Waals surface area contributed by atoms with Crippen molar-refractivity contribution in [2.75, 3.05) is 7.05 Å². The van der Waals surface area contributed by atoms with Crippen LogP contribution in [0.2, 0.25) is 0 Å². The predicted molar refractivity (Wildman–Crippen MR) is 89.2 cm³/mol. The Kier molecular flexibility index (Phi) is 5.43. The van der Waals surface area contributed by atoms with Crippen LogP contribution < -0.4 is 16.9 Å². The average Bonchev–Trinajstić information content (AvgIpc) is 2.52. The van der Waals surface area contributed by atoms with E-state index in [2.05, 4.69) is 15.4 Å². The SMILES string of the molecule is Cc1cc(/C(N)=N/N(C)N)cc(C(=O)NCc2ccc(F)cc2)n1. The molecule has 0 aliphatic carbocycles. The summed E-state index contributed by atoms with van der Waals surface area (Å²) >= 11 is 0. The number of hydrogen-bond donors (Lipinski definition) is 3. The molecule has 0 radical (unpaired) electrons. The molecule has 1 heterocycles. The number of rotatable bonds is 5. The Morgan fingerprint density at radius 2 is 2.00 bits per heavy atom. The molecule has 1 aromatic heterocycles. The lowest BCUT2D eigenvalue weighted by molar-refractivity contribution is 0.0945. The van der Waals surface area contributed by atoms with Gasteiger partial charge in [-0.25, -0.2) is 20.3 Å². The summed E-state index contributed by atoms with van der Waals surface area (Å²) in [6, 6.07) is 9.13. The summed E-state index contributed by atoms with van der Waals surface area (Å²) in [6.07, 6.45) is 0. The zero-order valence-electron chi connectivity index (χ0n) is 13.5. The van der Waals surface area contributed by atoms with Crippen molar-refractivity contribution in [3.63, 3.8) is 0 Å². The first-order valence-corrected chi connectivity index (χ1v) is 7.19. The maximum Gasteiger partial charge on any atom is 0.270 e. The van der Waals surface area contributed by atoms with E-state index < -0.39 is 0 Å². The van der Waals surface area contributed by atoms with Crippen molar-refractivity contribution in [3.05, 3.63) is 64.7 Å². The van der Waals surface area contributed by atoms with Gasteiger partial charge in [0, 0.05) is 24.8 Å². The number of amides is 1. The molecular weight excluding hydrogens is 311 g/mol. The number of nitrogens with two attached hydrogens (primary N) is 2. The number of nitrogens with one attached hydrogen (secondary N) is 1. The van der Waals surface area contributed by atoms with Gasteiger partial charge in [0.25, 0.3) is 5.91 Å². The van der Waals surface area contributed by atoms with Gasteiger partial charge >= 0.3 is 0 Å². The van der Waals surface area contributed by atoms with Crippen LogP contribution in [0, 0.1) is 12.7 Å². The number of hydrazine groups is 1. The van der Waals surface area contributed by atoms with Gasteiger partial charge in [0.2, 0.25) is 0 Å². The number of hydrogen-bond acceptors (Lipinski definition) is 5. The first kappa shape index (κ1) is 17.4. The largest absolute Gasteiger partial charge is 0.382 e. The molecule has 1 amide bonds. The second-order valence-corrected chi connectivity index (χ2v) is 5.25. The molecule has 2 rings (SSSR count). The number of hydrazone groups is 1. The van der Waals surface area contributed by atoms with Crippen LogP contribution >= 0.6 is 0 Å². The predicted octanol–water partition coefficient (Wildman–Crippen LogP) is 0.885. The Morgan fingerprint density at radius 1 is 1.33 bits per heavy atom. The van der Waals surface area contributed by atoms with E-state index in [1.807, 2.05) is 0 Å². The normalized spacial score (nSPS) is 11.2. The molecule has 24 heavy (non-hydrogen) atoms. The highest BCUT2D eigenvalue weighted by Crippen LogP contribution is 2.07. The number of aryl methyl sites for hydroxylation is 1. The van der Waals surface area contributed by atoms with E-state index in [1.165, 1.54) is 25.2 Å². The molecule has 0 bridgehead atoms. The Morgan fingerprint density at radius 3 is 2.62 bits per heavy atom. The topological polar surface area (TPSA) is 110 Å². The highest BCUT2D eigenvalue weighted by Gasteiger charge is 2.11. The zero-order chi connectivity index (χ0) is 17.7. The van der Waals surface area contributed by atoms with Gasteiger partial charge < -0.3 is 11.1 Å². The molecule has 0 atom stereocenters. The van der Waals surface area contributed by atoms with Crippen molar-refractivity contribution in [1.82, 2.24) is 15.4 Å². The van der Waals surface area contributed by atoms with Gasteiger partial charge in [0.15, 0.2) is 5.84 Å². The molecule has 7 nitrogen and oxygen atoms in total. The maximum absolute atomic E-state index is 12.9. The van der Waals surface area contributed by atoms with Gasteiger partial charge in [0.05, 0.1) is 0 Å². The smallest absolute Gasteiger partial charge is 0.270 e. The second-order valence-electron chi connectivity index (χ2n) is 5.25. The number of amidine groups is 1. The van der Waals surface area contributed by atoms with Gasteiger partial charge in [-0.3, -0.25) is 4.79 Å². The number of carbonyl (C=O) groups is 1. The number of nitrogens with zero attached hydrogens (tertiary/aromatic N) is 3. The van der Waals surface area contributed by atoms with E-state index in [0.717, 1.165) is 10.7 Å². The first-order valence-electron chi connectivity index (χ1n) is 7.19. The third-order valence-corrected chi connectivity index (χ3v) is 3.11. The quantitative estimate of drug-likeness (QED) is 0.326. The molecule has 8 heteroatoms. The molecule has 126 valence electrons. The number of carbonyl (C=O) groups excluding carboxylic acids is 1. The molecule has 2 aromatic rings. The van der Waals surface area contributed by atoms with Crippen molar-refractivity contribution in [2.45, 2.75) is 13.5 Å². The average molecular weight is 330 g/mol. The van der Waals surface area contributed by atoms with E-state index in [9.17, 15) is 9.18 Å². The Labute approximate surface area is 139 Å². The number of halogens is 1. The zero-order valence-corrected chi connectivity index (χ0v) is 13.5. The maximum atomic E-state index is 12.9. The van der Waals surface area contributed by atoms with Crippen molar-refractivity contribution in [2.24, 2.45) is 16.7 Å². The van der Waals surface area contributed by atoms with Crippen LogP contribution in [0.25, 0.3) is 0 Å². The minimum absolute atomic E-state index is 0.179. The lowest BCUT2D eigenvalue weighted by Crippen LogP contribution is -2.27. The summed E-state index contributed by atoms with van der Waals surface area (Å²) in [5.74, 6) is 4.93. The van der Waals surface area contributed by atoms with Crippen LogP contribution in [0.3, 0.4) is 0 Å². The van der Waals surface area contributed by atoms with Crippen molar-refractivity contribution in [3.8, 4) is 0 Å². The third kappa shape index (κ3) is 4.75. The number of pyridine rings is 1. The van der Waals surface area contributed by atoms with Crippen LogP contribution in [0.4, 0.5) is 4.39 Å². The van der Waals surface area contributed by atoms with Gasteiger partial charge in [-0.1, -0.05) is 12.1 Å². The van der Waals surface area contributed by atoms with Gasteiger partial charge in [-0.05, 0) is 36.8 Å². The van der Waals surface area contributed by atoms with Gasteiger partial charge in [-0.15, -0.1) is 5.10 Å². The van der Waals surface area contributed by atoms with Gasteiger partial charge in [-0.2, -0.15) is 0 Å². The number of benzene rings is 1. The van der Waals surface area contributed by atoms with Crippen molar-refractivity contribution in [1.29, 1.82) is 0 Å². The molecular formula is C16H19FN6O. The van der Waals surface area contributed by atoms with Crippen molar-refractivity contribution < 1.29 is 9.18 Å². The van der Waals surface area contributed by atoms with Crippen LogP contribution in [-0.4, -0.2) is 28.9 Å². The number of aromatic nitrogens is 1. The van der Waals surface area contributed by atoms with E-state index >= 15 is 0 Å². The van der Waals surface area contributed by atoms with Gasteiger partial charge in [0.1, 0.15) is 11.5 Å². The fraction of sp³-hybridized carbons (Fsp3) is 0.188. The monoisotopic (exact) mass is 330 g/mol. The van der Waals surface area contributed by atoms with E-state index in [4.69, 9.17) is 11.6 Å². The molecule has 0 unspecified atom stereocenters. The summed E-state index contributed by atoms with van der Waals surface area (Å²) in [6.45, 7) is 2.01. The summed E-state index contributed by atoms with van der Waals surface area (Å²) in [4.78, 5) is 16.5. The Hall–Kier alpha value is -3.00. The second kappa shape index (κ2) is 7.51. The standard InChI is InChI=1S/C16H19FN6O/c1-10-7-12(15(18)22-23(2)19)8-14(21-10)16(24)20-9-11-3-5-13(17)6-4-11/h3-8H,9,19H2,1-2H3,(H2,18,22)(H,20,24). The molecule has 0 spiro atoms. The fourth-order valence-corrected chi connectivity index (χ4v) is 2.04. The minimum atomic E-state index is -0.363. The highest BCUT2D eigenvalue weighted by molar-refractivity contribution is 6.00. The Bertz CT molecular complexity index is 758. The van der Waals surface area contributed by atoms with Crippen LogP contribution in [0.1, 0.15) is 27.3 Å². The van der Waals surface area contributed by atoms with Crippen LogP contribution in [0.5, 0.6) is 0 Å². The summed E-state index contributed by atoms with van der Waals surface area (Å²) in [7, 11) is 1.54. The molecule has 0 aliphatic heterocycles. The lowest BCUT2D eigenvalue weighted by atomic mass is 10.1. The van der Waals surface area contributed by atoms with Crippen LogP contribution in [0.15, 0.2) is 41.5 Å². The minimum Gasteiger partial charge on any atom is -0.382 e. The molecule has 0 fully saturated rings. The third-order valence-electron chi connectivity index (χ3n) is 3.11. The molecule has 0 saturated heterocycles. The molecule has 0 saturated carbocycles. The van der Waals surface area contributed by atoms with E-state index in [-0.39, 0.29) is 29.8 Å². The Balaban J connectivity index is 2.14. The summed E-state index contributed by atoms with van der Waals surface area (Å²) in [5.41, 5.74) is 8.01. The first-order chi connectivity index (χ1) is 11.3. The van der Waals surface area contributed by atoms with Crippen molar-refractivity contribution >= 4 is 11.7 Å². The highest BCUT2D eigenvalue weighted by atomic mass is 19.1. The molecule has 5 N–H and O–H groups in total. The van der Waals surface area contributed by atoms with E-state index in [1.54, 1.807) is 25.1 Å². The summed E-state index contributed by atoms with van der Waals surface area (Å²) in [5, 5.41) is 7.71. The van der Waals surface area contributed by atoms with E-state index in [0.29, 0.717) is 11.3 Å². The summed E-state index contributed by atoms with van der Waals surface area (Å²) < 4.78 is 12.9. The molecule has 1 aromatic carbocycles. The molecule has 0 aliphatic rings. The lowest BCUT2D eigenvalue weighted by Gasteiger charge is -2.10. The fourth-order valence-electron chi connectivity index (χ4n) is 2.04.